The largest absolute Gasteiger partial charge is 0.484 e. The lowest BCUT2D eigenvalue weighted by Gasteiger charge is -2.22. The predicted octanol–water partition coefficient (Wildman–Crippen LogP) is 3.48. The number of alkyl carbamates (subject to hydrolysis) is 1. The van der Waals surface area contributed by atoms with Crippen LogP contribution in [0, 0.1) is 0 Å². The van der Waals surface area contributed by atoms with Gasteiger partial charge < -0.3 is 14.8 Å². The van der Waals surface area contributed by atoms with E-state index in [2.05, 4.69) is 17.4 Å². The van der Waals surface area contributed by atoms with Crippen LogP contribution in [0.5, 0.6) is 5.75 Å². The van der Waals surface area contributed by atoms with Crippen molar-refractivity contribution >= 4 is 6.09 Å². The first-order chi connectivity index (χ1) is 10.8. The van der Waals surface area contributed by atoms with Crippen molar-refractivity contribution in [2.75, 3.05) is 6.61 Å². The zero-order valence-electron chi connectivity index (χ0n) is 12.5. The third-order valence-electron chi connectivity index (χ3n) is 3.75. The average Bonchev–Trinajstić information content (AvgIpc) is 2.86. The molecule has 0 radical (unpaired) electrons. The Labute approximate surface area is 130 Å². The second-order valence-corrected chi connectivity index (χ2v) is 5.23. The van der Waals surface area contributed by atoms with E-state index in [9.17, 15) is 4.79 Å². The number of hydrogen-bond donors (Lipinski definition) is 1. The van der Waals surface area contributed by atoms with Gasteiger partial charge in [0.2, 0.25) is 0 Å². The summed E-state index contributed by atoms with van der Waals surface area (Å²) in [6.07, 6.45) is 0.136. The van der Waals surface area contributed by atoms with E-state index in [1.165, 1.54) is 5.56 Å². The molecule has 0 fully saturated rings. The number of amides is 1. The van der Waals surface area contributed by atoms with Crippen LogP contribution in [0.25, 0.3) is 0 Å². The van der Waals surface area contributed by atoms with Crippen molar-refractivity contribution in [3.63, 3.8) is 0 Å². The lowest BCUT2D eigenvalue weighted by molar-refractivity contribution is 0.126. The second-order valence-electron chi connectivity index (χ2n) is 5.23. The molecule has 0 aromatic heterocycles. The Bertz CT molecular complexity index is 642. The summed E-state index contributed by atoms with van der Waals surface area (Å²) < 4.78 is 11.1. The highest BCUT2D eigenvalue weighted by Crippen LogP contribution is 2.35. The predicted molar refractivity (Wildman–Crippen MR) is 83.9 cm³/mol. The third-order valence-corrected chi connectivity index (χ3v) is 3.75. The summed E-state index contributed by atoms with van der Waals surface area (Å²) in [6, 6.07) is 17.6. The monoisotopic (exact) mass is 297 g/mol. The number of carbonyl (C=O) groups is 1. The molecule has 0 aliphatic heterocycles. The number of ether oxygens (including phenoxy) is 2. The maximum atomic E-state index is 11.8. The van der Waals surface area contributed by atoms with Crippen molar-refractivity contribution in [1.29, 1.82) is 0 Å². The van der Waals surface area contributed by atoms with Crippen LogP contribution >= 0.6 is 0 Å². The first-order valence-corrected chi connectivity index (χ1v) is 7.50. The van der Waals surface area contributed by atoms with Crippen molar-refractivity contribution in [3.8, 4) is 5.75 Å². The van der Waals surface area contributed by atoms with Gasteiger partial charge in [0.25, 0.3) is 0 Å². The highest BCUT2D eigenvalue weighted by molar-refractivity contribution is 5.68. The van der Waals surface area contributed by atoms with Crippen molar-refractivity contribution in [3.05, 3.63) is 65.7 Å². The molecule has 0 spiro atoms. The van der Waals surface area contributed by atoms with Gasteiger partial charge in [-0.25, -0.2) is 4.79 Å². The Morgan fingerprint density at radius 1 is 1.14 bits per heavy atom. The fraction of sp³-hybridized carbons (Fsp3) is 0.278. The highest BCUT2D eigenvalue weighted by atomic mass is 16.5. The summed E-state index contributed by atoms with van der Waals surface area (Å²) in [4.78, 5) is 11.8. The quantitative estimate of drug-likeness (QED) is 0.940. The van der Waals surface area contributed by atoms with Gasteiger partial charge in [-0.05, 0) is 36.6 Å². The zero-order chi connectivity index (χ0) is 15.4. The van der Waals surface area contributed by atoms with Crippen LogP contribution in [-0.4, -0.2) is 18.7 Å². The standard InChI is InChI=1S/C18H19NO3/c1-2-21-18(20)19-16-12-13-8-6-7-11-15(13)17(16)22-14-9-4-3-5-10-14/h3-11,16-17H,2,12H2,1H3,(H,19,20). The molecule has 0 saturated carbocycles. The van der Waals surface area contributed by atoms with E-state index >= 15 is 0 Å². The molecule has 22 heavy (non-hydrogen) atoms. The van der Waals surface area contributed by atoms with Crippen LogP contribution in [-0.2, 0) is 11.2 Å². The Balaban J connectivity index is 1.82. The minimum atomic E-state index is -0.401. The van der Waals surface area contributed by atoms with Gasteiger partial charge in [0.15, 0.2) is 0 Å². The Kier molecular flexibility index (Phi) is 4.28. The molecule has 1 aliphatic carbocycles. The van der Waals surface area contributed by atoms with Gasteiger partial charge in [0.05, 0.1) is 12.6 Å². The van der Waals surface area contributed by atoms with Gasteiger partial charge >= 0.3 is 6.09 Å². The molecule has 4 nitrogen and oxygen atoms in total. The summed E-state index contributed by atoms with van der Waals surface area (Å²) in [7, 11) is 0. The number of benzene rings is 2. The molecule has 2 aromatic carbocycles. The third kappa shape index (κ3) is 3.06. The summed E-state index contributed by atoms with van der Waals surface area (Å²) >= 11 is 0. The molecule has 2 atom stereocenters. The van der Waals surface area contributed by atoms with Crippen molar-refractivity contribution in [1.82, 2.24) is 5.32 Å². The number of nitrogens with one attached hydrogen (secondary N) is 1. The van der Waals surface area contributed by atoms with Gasteiger partial charge in [-0.15, -0.1) is 0 Å². The van der Waals surface area contributed by atoms with Crippen LogP contribution in [0.15, 0.2) is 54.6 Å². The normalized spacial score (nSPS) is 19.3. The highest BCUT2D eigenvalue weighted by Gasteiger charge is 2.35. The van der Waals surface area contributed by atoms with Crippen molar-refractivity contribution in [2.45, 2.75) is 25.5 Å². The molecule has 4 heteroatoms. The van der Waals surface area contributed by atoms with Crippen molar-refractivity contribution in [2.24, 2.45) is 0 Å². The van der Waals surface area contributed by atoms with Crippen LogP contribution in [0.4, 0.5) is 4.79 Å². The maximum Gasteiger partial charge on any atom is 0.407 e. The molecule has 2 unspecified atom stereocenters. The van der Waals surface area contributed by atoms with Crippen molar-refractivity contribution < 1.29 is 14.3 Å². The zero-order valence-corrected chi connectivity index (χ0v) is 12.5. The maximum absolute atomic E-state index is 11.8. The molecule has 1 N–H and O–H groups in total. The van der Waals surface area contributed by atoms with Crippen LogP contribution in [0.2, 0.25) is 0 Å². The summed E-state index contributed by atoms with van der Waals surface area (Å²) in [5, 5.41) is 2.91. The van der Waals surface area contributed by atoms with E-state index in [-0.39, 0.29) is 12.1 Å². The first-order valence-electron chi connectivity index (χ1n) is 7.50. The van der Waals surface area contributed by atoms with E-state index in [4.69, 9.17) is 9.47 Å². The minimum Gasteiger partial charge on any atom is -0.484 e. The molecule has 0 heterocycles. The number of hydrogen-bond acceptors (Lipinski definition) is 3. The molecule has 114 valence electrons. The number of para-hydroxylation sites is 1. The Morgan fingerprint density at radius 2 is 1.86 bits per heavy atom. The molecule has 3 rings (SSSR count). The molecule has 1 aliphatic rings. The van der Waals surface area contributed by atoms with Gasteiger partial charge in [-0.2, -0.15) is 0 Å². The smallest absolute Gasteiger partial charge is 0.407 e. The van der Waals surface area contributed by atoms with Crippen LogP contribution in [0.3, 0.4) is 0 Å². The molecule has 0 bridgehead atoms. The van der Waals surface area contributed by atoms with E-state index in [1.54, 1.807) is 6.92 Å². The number of carbonyl (C=O) groups excluding carboxylic acids is 1. The van der Waals surface area contributed by atoms with Gasteiger partial charge in [0, 0.05) is 0 Å². The fourth-order valence-corrected chi connectivity index (χ4v) is 2.80. The molecule has 2 aromatic rings. The van der Waals surface area contributed by atoms with Crippen LogP contribution in [0.1, 0.15) is 24.2 Å². The molecular weight excluding hydrogens is 278 g/mol. The van der Waals surface area contributed by atoms with Gasteiger partial charge in [-0.1, -0.05) is 42.5 Å². The topological polar surface area (TPSA) is 47.6 Å². The van der Waals surface area contributed by atoms with E-state index in [0.717, 1.165) is 17.7 Å². The first kappa shape index (κ1) is 14.4. The van der Waals surface area contributed by atoms with Gasteiger partial charge in [-0.3, -0.25) is 0 Å². The van der Waals surface area contributed by atoms with E-state index in [0.29, 0.717) is 6.61 Å². The van der Waals surface area contributed by atoms with E-state index in [1.807, 2.05) is 42.5 Å². The molecular formula is C18H19NO3. The lowest BCUT2D eigenvalue weighted by atomic mass is 10.1. The second kappa shape index (κ2) is 6.52. The summed E-state index contributed by atoms with van der Waals surface area (Å²) in [5.41, 5.74) is 2.32. The number of rotatable bonds is 4. The minimum absolute atomic E-state index is 0.128. The SMILES string of the molecule is CCOC(=O)NC1Cc2ccccc2C1Oc1ccccc1. The lowest BCUT2D eigenvalue weighted by Crippen LogP contribution is -2.39. The average molecular weight is 297 g/mol. The Morgan fingerprint density at radius 3 is 2.64 bits per heavy atom. The summed E-state index contributed by atoms with van der Waals surface area (Å²) in [5.74, 6) is 0.792. The number of fused-ring (bicyclic) bond motifs is 1. The fourth-order valence-electron chi connectivity index (χ4n) is 2.80. The molecule has 1 amide bonds. The summed E-state index contributed by atoms with van der Waals surface area (Å²) in [6.45, 7) is 2.15. The van der Waals surface area contributed by atoms with Gasteiger partial charge in [0.1, 0.15) is 11.9 Å². The van der Waals surface area contributed by atoms with Crippen LogP contribution < -0.4 is 10.1 Å². The Hall–Kier alpha value is -2.49. The molecule has 0 saturated heterocycles. The van der Waals surface area contributed by atoms with E-state index < -0.39 is 6.09 Å².